The summed E-state index contributed by atoms with van der Waals surface area (Å²) in [5, 5.41) is 0. The van der Waals surface area contributed by atoms with Crippen molar-refractivity contribution in [2.45, 2.75) is 37.9 Å². The van der Waals surface area contributed by atoms with Gasteiger partial charge in [-0.15, -0.1) is 0 Å². The van der Waals surface area contributed by atoms with Crippen molar-refractivity contribution in [2.75, 3.05) is 13.7 Å². The van der Waals surface area contributed by atoms with E-state index in [-0.39, 0.29) is 24.3 Å². The number of esters is 1. The highest BCUT2D eigenvalue weighted by Gasteiger charge is 2.49. The summed E-state index contributed by atoms with van der Waals surface area (Å²) in [6.07, 6.45) is 3.44. The van der Waals surface area contributed by atoms with E-state index in [1.165, 1.54) is 7.11 Å². The standard InChI is InChI=1S/C17H20O5/c1-17(2)21-14-10-20-13(15(14)22-17)9-8-11-6-4-5-7-12(11)16(18)19-3/h4-9,13-15H,10H2,1-3H3/b9-8+/t13-,14-,15+/m1/s1. The molecule has 0 N–H and O–H groups in total. The van der Waals surface area contributed by atoms with E-state index < -0.39 is 5.79 Å². The number of hydrogen-bond donors (Lipinski definition) is 0. The molecule has 0 aliphatic carbocycles. The summed E-state index contributed by atoms with van der Waals surface area (Å²) in [5.41, 5.74) is 1.32. The highest BCUT2D eigenvalue weighted by atomic mass is 16.8. The maximum atomic E-state index is 11.8. The molecule has 3 atom stereocenters. The molecule has 0 saturated carbocycles. The number of carbonyl (C=O) groups is 1. The molecule has 2 heterocycles. The number of hydrogen-bond acceptors (Lipinski definition) is 5. The van der Waals surface area contributed by atoms with Crippen molar-refractivity contribution in [1.29, 1.82) is 0 Å². The molecule has 0 spiro atoms. The minimum atomic E-state index is -0.574. The molecule has 2 aliphatic heterocycles. The lowest BCUT2D eigenvalue weighted by atomic mass is 10.1. The van der Waals surface area contributed by atoms with Crippen LogP contribution in [0.5, 0.6) is 0 Å². The van der Waals surface area contributed by atoms with Gasteiger partial charge in [0.15, 0.2) is 5.79 Å². The fourth-order valence-electron chi connectivity index (χ4n) is 2.87. The lowest BCUT2D eigenvalue weighted by Crippen LogP contribution is -2.28. The van der Waals surface area contributed by atoms with Crippen molar-refractivity contribution in [3.8, 4) is 0 Å². The van der Waals surface area contributed by atoms with Crippen LogP contribution in [0.4, 0.5) is 0 Å². The molecule has 1 aromatic carbocycles. The molecule has 2 saturated heterocycles. The van der Waals surface area contributed by atoms with Crippen LogP contribution < -0.4 is 0 Å². The zero-order chi connectivity index (χ0) is 15.7. The molecule has 118 valence electrons. The van der Waals surface area contributed by atoms with Gasteiger partial charge in [-0.25, -0.2) is 4.79 Å². The first-order chi connectivity index (χ1) is 10.5. The molecule has 5 heteroatoms. The van der Waals surface area contributed by atoms with Gasteiger partial charge in [0.25, 0.3) is 0 Å². The Balaban J connectivity index is 1.77. The maximum Gasteiger partial charge on any atom is 0.338 e. The lowest BCUT2D eigenvalue weighted by molar-refractivity contribution is -0.170. The van der Waals surface area contributed by atoms with Gasteiger partial charge in [-0.1, -0.05) is 30.4 Å². The van der Waals surface area contributed by atoms with E-state index in [9.17, 15) is 4.79 Å². The highest BCUT2D eigenvalue weighted by molar-refractivity contribution is 5.93. The van der Waals surface area contributed by atoms with Gasteiger partial charge in [-0.05, 0) is 25.5 Å². The van der Waals surface area contributed by atoms with E-state index in [4.69, 9.17) is 18.9 Å². The first-order valence-electron chi connectivity index (χ1n) is 7.33. The fraction of sp³-hybridized carbons (Fsp3) is 0.471. The summed E-state index contributed by atoms with van der Waals surface area (Å²) in [6.45, 7) is 4.32. The van der Waals surface area contributed by atoms with Gasteiger partial charge in [0.2, 0.25) is 0 Å². The molecule has 5 nitrogen and oxygen atoms in total. The van der Waals surface area contributed by atoms with E-state index in [2.05, 4.69) is 0 Å². The van der Waals surface area contributed by atoms with E-state index in [1.807, 2.05) is 44.2 Å². The highest BCUT2D eigenvalue weighted by Crippen LogP contribution is 2.35. The number of ether oxygens (including phenoxy) is 4. The lowest BCUT2D eigenvalue weighted by Gasteiger charge is -2.20. The number of fused-ring (bicyclic) bond motifs is 1. The molecule has 0 aromatic heterocycles. The van der Waals surface area contributed by atoms with Gasteiger partial charge < -0.3 is 18.9 Å². The Kier molecular flexibility index (Phi) is 4.04. The minimum absolute atomic E-state index is 0.0412. The maximum absolute atomic E-state index is 11.8. The topological polar surface area (TPSA) is 54.0 Å². The van der Waals surface area contributed by atoms with Gasteiger partial charge in [-0.3, -0.25) is 0 Å². The third-order valence-corrected chi connectivity index (χ3v) is 3.83. The third-order valence-electron chi connectivity index (χ3n) is 3.83. The van der Waals surface area contributed by atoms with E-state index in [0.29, 0.717) is 12.2 Å². The second-order valence-electron chi connectivity index (χ2n) is 5.87. The molecule has 0 unspecified atom stereocenters. The number of rotatable bonds is 3. The van der Waals surface area contributed by atoms with Gasteiger partial charge in [0.1, 0.15) is 18.3 Å². The van der Waals surface area contributed by atoms with Crippen LogP contribution in [0, 0.1) is 0 Å². The van der Waals surface area contributed by atoms with Crippen molar-refractivity contribution in [1.82, 2.24) is 0 Å². The van der Waals surface area contributed by atoms with Crippen molar-refractivity contribution in [2.24, 2.45) is 0 Å². The molecule has 22 heavy (non-hydrogen) atoms. The van der Waals surface area contributed by atoms with Crippen LogP contribution in [0.3, 0.4) is 0 Å². The monoisotopic (exact) mass is 304 g/mol. The number of benzene rings is 1. The van der Waals surface area contributed by atoms with Crippen LogP contribution in [-0.2, 0) is 18.9 Å². The number of carbonyl (C=O) groups excluding carboxylic acids is 1. The molecule has 0 bridgehead atoms. The van der Waals surface area contributed by atoms with Crippen LogP contribution in [0.1, 0.15) is 29.8 Å². The summed E-state index contributed by atoms with van der Waals surface area (Å²) >= 11 is 0. The van der Waals surface area contributed by atoms with Crippen LogP contribution >= 0.6 is 0 Å². The smallest absolute Gasteiger partial charge is 0.338 e. The zero-order valence-electron chi connectivity index (χ0n) is 12.9. The molecule has 2 fully saturated rings. The van der Waals surface area contributed by atoms with Gasteiger partial charge in [0.05, 0.1) is 19.3 Å². The van der Waals surface area contributed by atoms with Crippen LogP contribution in [0.2, 0.25) is 0 Å². The van der Waals surface area contributed by atoms with Gasteiger partial charge >= 0.3 is 5.97 Å². The van der Waals surface area contributed by atoms with Crippen molar-refractivity contribution in [3.05, 3.63) is 41.5 Å². The summed E-state index contributed by atoms with van der Waals surface area (Å²) in [4.78, 5) is 11.8. The van der Waals surface area contributed by atoms with E-state index >= 15 is 0 Å². The summed E-state index contributed by atoms with van der Waals surface area (Å²) < 4.78 is 22.2. The second kappa shape index (κ2) is 5.83. The molecule has 2 aliphatic rings. The Bertz CT molecular complexity index is 592. The molecule has 0 radical (unpaired) electrons. The third kappa shape index (κ3) is 2.92. The van der Waals surface area contributed by atoms with Crippen LogP contribution in [-0.4, -0.2) is 43.8 Å². The summed E-state index contributed by atoms with van der Waals surface area (Å²) in [6, 6.07) is 7.29. The summed E-state index contributed by atoms with van der Waals surface area (Å²) in [5.74, 6) is -0.929. The predicted octanol–water partition coefficient (Wildman–Crippen LogP) is 2.41. The van der Waals surface area contributed by atoms with Crippen molar-refractivity contribution in [3.63, 3.8) is 0 Å². The van der Waals surface area contributed by atoms with Crippen LogP contribution in [0.25, 0.3) is 6.08 Å². The quantitative estimate of drug-likeness (QED) is 0.803. The molecular formula is C17H20O5. The molecule has 3 rings (SSSR count). The first-order valence-corrected chi connectivity index (χ1v) is 7.33. The van der Waals surface area contributed by atoms with Gasteiger partial charge in [0, 0.05) is 0 Å². The average molecular weight is 304 g/mol. The van der Waals surface area contributed by atoms with Gasteiger partial charge in [-0.2, -0.15) is 0 Å². The Hall–Kier alpha value is -1.69. The van der Waals surface area contributed by atoms with E-state index in [1.54, 1.807) is 6.07 Å². The number of methoxy groups -OCH3 is 1. The molecular weight excluding hydrogens is 284 g/mol. The predicted molar refractivity (Wildman–Crippen MR) is 80.4 cm³/mol. The average Bonchev–Trinajstić information content (AvgIpc) is 3.00. The molecule has 0 amide bonds. The Morgan fingerprint density at radius 2 is 2.09 bits per heavy atom. The normalized spacial score (nSPS) is 29.7. The first kappa shape index (κ1) is 15.2. The van der Waals surface area contributed by atoms with Crippen molar-refractivity contribution >= 4 is 12.0 Å². The second-order valence-corrected chi connectivity index (χ2v) is 5.87. The summed E-state index contributed by atoms with van der Waals surface area (Å²) in [7, 11) is 1.37. The minimum Gasteiger partial charge on any atom is -0.465 e. The zero-order valence-corrected chi connectivity index (χ0v) is 12.9. The SMILES string of the molecule is COC(=O)c1ccccc1/C=C/[C@H]1OC[C@H]2OC(C)(C)O[C@@H]12. The Morgan fingerprint density at radius 1 is 1.32 bits per heavy atom. The Morgan fingerprint density at radius 3 is 2.86 bits per heavy atom. The van der Waals surface area contributed by atoms with Crippen molar-refractivity contribution < 1.29 is 23.7 Å². The van der Waals surface area contributed by atoms with Crippen LogP contribution in [0.15, 0.2) is 30.3 Å². The molecule has 1 aromatic rings. The Labute approximate surface area is 129 Å². The largest absolute Gasteiger partial charge is 0.465 e. The fourth-order valence-corrected chi connectivity index (χ4v) is 2.87. The van der Waals surface area contributed by atoms with E-state index in [0.717, 1.165) is 5.56 Å².